The molecule has 3 rings (SSSR count). The topological polar surface area (TPSA) is 82.4 Å². The fourth-order valence-corrected chi connectivity index (χ4v) is 3.97. The number of nitrogens with zero attached hydrogens (tertiary/aromatic N) is 5. The van der Waals surface area contributed by atoms with E-state index in [0.717, 1.165) is 0 Å². The van der Waals surface area contributed by atoms with E-state index in [9.17, 15) is 9.59 Å². The monoisotopic (exact) mass is 486 g/mol. The number of aromatic nitrogens is 1. The molecule has 1 fully saturated rings. The molecule has 1 aromatic heterocycles. The molecule has 11 heteroatoms. The Morgan fingerprint density at radius 3 is 2.58 bits per heavy atom. The summed E-state index contributed by atoms with van der Waals surface area (Å²) in [5, 5.41) is 3.06. The smallest absolute Gasteiger partial charge is 0.412 e. The van der Waals surface area contributed by atoms with E-state index in [1.807, 2.05) is 19.0 Å². The Morgan fingerprint density at radius 2 is 2.00 bits per heavy atom. The Labute approximate surface area is 202 Å². The fraction of sp³-hybridized carbons (Fsp3) is 0.318. The first-order valence-electron chi connectivity index (χ1n) is 9.96. The van der Waals surface area contributed by atoms with Crippen molar-refractivity contribution in [1.29, 1.82) is 0 Å². The molecule has 2 amide bonds. The number of thiocarbonyl (C=S) groups is 1. The second kappa shape index (κ2) is 9.70. The molecule has 0 saturated carbocycles. The molecule has 1 N–H and O–H groups in total. The number of anilines is 3. The molecule has 2 aromatic rings. The Bertz CT molecular complexity index is 1130. The summed E-state index contributed by atoms with van der Waals surface area (Å²) in [6.45, 7) is 11.5. The van der Waals surface area contributed by atoms with Crippen molar-refractivity contribution in [1.82, 2.24) is 9.88 Å². The van der Waals surface area contributed by atoms with Gasteiger partial charge in [-0.25, -0.2) is 14.6 Å². The lowest BCUT2D eigenvalue weighted by Crippen LogP contribution is -2.44. The molecule has 0 spiro atoms. The van der Waals surface area contributed by atoms with Gasteiger partial charge in [0.25, 0.3) is 5.91 Å². The number of rotatable bonds is 6. The molecule has 33 heavy (non-hydrogen) atoms. The van der Waals surface area contributed by atoms with E-state index in [1.54, 1.807) is 49.1 Å². The third kappa shape index (κ3) is 5.06. The number of carbonyl (C=O) groups excluding carboxylic acids is 2. The van der Waals surface area contributed by atoms with Gasteiger partial charge in [0.2, 0.25) is 5.69 Å². The van der Waals surface area contributed by atoms with Crippen LogP contribution in [0.5, 0.6) is 0 Å². The summed E-state index contributed by atoms with van der Waals surface area (Å²) in [6.07, 6.45) is 0.921. The summed E-state index contributed by atoms with van der Waals surface area (Å²) >= 11 is 11.8. The lowest BCUT2D eigenvalue weighted by atomic mass is 10.0. The van der Waals surface area contributed by atoms with E-state index >= 15 is 0 Å². The normalized spacial score (nSPS) is 15.1. The van der Waals surface area contributed by atoms with Gasteiger partial charge in [0, 0.05) is 11.6 Å². The van der Waals surface area contributed by atoms with Gasteiger partial charge in [-0.2, -0.15) is 0 Å². The third-order valence-electron chi connectivity index (χ3n) is 4.99. The molecule has 0 atom stereocenters. The van der Waals surface area contributed by atoms with Crippen LogP contribution in [0.15, 0.2) is 36.5 Å². The van der Waals surface area contributed by atoms with Gasteiger partial charge in [-0.1, -0.05) is 17.7 Å². The van der Waals surface area contributed by atoms with Gasteiger partial charge in [0.05, 0.1) is 24.1 Å². The minimum absolute atomic E-state index is 0.240. The molecule has 1 saturated heterocycles. The standard InChI is InChI=1S/C22H23ClN6O3S/c1-22(2)19(30)28(14-6-8-17(24-3)16(23)12-14)21(33)29(22)15-7-9-18(25-13-15)26-20(31)32-11-10-27(4)5/h6-9,12-13H,10-11H2,1-2,4-5H3,(H,25,26,31). The second-order valence-corrected chi connectivity index (χ2v) is 8.80. The molecule has 9 nitrogen and oxygen atoms in total. The van der Waals surface area contributed by atoms with Gasteiger partial charge in [-0.3, -0.25) is 15.0 Å². The number of amides is 2. The van der Waals surface area contributed by atoms with E-state index < -0.39 is 11.6 Å². The van der Waals surface area contributed by atoms with E-state index in [4.69, 9.17) is 35.1 Å². The second-order valence-electron chi connectivity index (χ2n) is 8.03. The largest absolute Gasteiger partial charge is 0.448 e. The van der Waals surface area contributed by atoms with E-state index in [2.05, 4.69) is 15.1 Å². The number of likely N-dealkylation sites (N-methyl/N-ethyl adjacent to an activating group) is 1. The first-order valence-corrected chi connectivity index (χ1v) is 10.7. The van der Waals surface area contributed by atoms with Crippen LogP contribution in [0.3, 0.4) is 0 Å². The Hall–Kier alpha value is -3.26. The van der Waals surface area contributed by atoms with Gasteiger partial charge in [0.15, 0.2) is 5.11 Å². The predicted molar refractivity (Wildman–Crippen MR) is 132 cm³/mol. The van der Waals surface area contributed by atoms with Gasteiger partial charge in [0.1, 0.15) is 18.0 Å². The zero-order chi connectivity index (χ0) is 24.3. The summed E-state index contributed by atoms with van der Waals surface area (Å²) in [4.78, 5) is 37.7. The minimum Gasteiger partial charge on any atom is -0.448 e. The van der Waals surface area contributed by atoms with Crippen LogP contribution in [-0.4, -0.2) is 59.8 Å². The fourth-order valence-electron chi connectivity index (χ4n) is 3.24. The van der Waals surface area contributed by atoms with Crippen LogP contribution < -0.4 is 15.1 Å². The Balaban J connectivity index is 1.79. The molecule has 2 heterocycles. The molecule has 0 aliphatic carbocycles. The average molecular weight is 487 g/mol. The highest BCUT2D eigenvalue weighted by molar-refractivity contribution is 7.81. The SMILES string of the molecule is [C-]#[N+]c1ccc(N2C(=O)C(C)(C)N(c3ccc(NC(=O)OCCN(C)C)nc3)C2=S)cc1Cl. The Morgan fingerprint density at radius 1 is 1.30 bits per heavy atom. The van der Waals surface area contributed by atoms with Crippen molar-refractivity contribution < 1.29 is 14.3 Å². The van der Waals surface area contributed by atoms with Crippen molar-refractivity contribution in [3.8, 4) is 0 Å². The van der Waals surface area contributed by atoms with Gasteiger partial charge in [-0.05, 0) is 64.4 Å². The number of hydrogen-bond donors (Lipinski definition) is 1. The van der Waals surface area contributed by atoms with Crippen molar-refractivity contribution in [2.24, 2.45) is 0 Å². The minimum atomic E-state index is -0.996. The summed E-state index contributed by atoms with van der Waals surface area (Å²) in [6, 6.07) is 8.05. The van der Waals surface area contributed by atoms with Gasteiger partial charge >= 0.3 is 6.09 Å². The molecule has 0 unspecified atom stereocenters. The maximum atomic E-state index is 13.2. The van der Waals surface area contributed by atoms with Crippen molar-refractivity contribution >= 4 is 63.8 Å². The molecule has 1 aromatic carbocycles. The van der Waals surface area contributed by atoms with Crippen LogP contribution in [0.4, 0.5) is 27.7 Å². The zero-order valence-corrected chi connectivity index (χ0v) is 20.2. The number of benzene rings is 1. The number of carbonyl (C=O) groups is 2. The van der Waals surface area contributed by atoms with Crippen molar-refractivity contribution in [3.63, 3.8) is 0 Å². The van der Waals surface area contributed by atoms with Crippen molar-refractivity contribution in [2.45, 2.75) is 19.4 Å². The first-order chi connectivity index (χ1) is 15.6. The number of ether oxygens (including phenoxy) is 1. The highest BCUT2D eigenvalue weighted by atomic mass is 35.5. The molecule has 172 valence electrons. The summed E-state index contributed by atoms with van der Waals surface area (Å²) in [5.74, 6) is 0.0621. The number of nitrogens with one attached hydrogen (secondary N) is 1. The molecular formula is C22H23ClN6O3S. The Kier molecular flexibility index (Phi) is 7.17. The average Bonchev–Trinajstić information content (AvgIpc) is 2.92. The summed E-state index contributed by atoms with van der Waals surface area (Å²) in [5.41, 5.74) is 0.353. The molecule has 0 bridgehead atoms. The van der Waals surface area contributed by atoms with Crippen LogP contribution in [-0.2, 0) is 9.53 Å². The van der Waals surface area contributed by atoms with Crippen LogP contribution in [0.1, 0.15) is 13.8 Å². The third-order valence-corrected chi connectivity index (χ3v) is 5.65. The zero-order valence-electron chi connectivity index (χ0n) is 18.6. The van der Waals surface area contributed by atoms with Crippen molar-refractivity contribution in [3.05, 3.63) is 53.0 Å². The lowest BCUT2D eigenvalue weighted by molar-refractivity contribution is -0.120. The predicted octanol–water partition coefficient (Wildman–Crippen LogP) is 4.31. The summed E-state index contributed by atoms with van der Waals surface area (Å²) < 4.78 is 5.10. The molecular weight excluding hydrogens is 464 g/mol. The van der Waals surface area contributed by atoms with Crippen LogP contribution in [0.25, 0.3) is 4.85 Å². The van der Waals surface area contributed by atoms with E-state index in [0.29, 0.717) is 29.4 Å². The number of hydrogen-bond acceptors (Lipinski definition) is 6. The van der Waals surface area contributed by atoms with Gasteiger partial charge < -0.3 is 14.5 Å². The summed E-state index contributed by atoms with van der Waals surface area (Å²) in [7, 11) is 3.77. The van der Waals surface area contributed by atoms with Gasteiger partial charge in [-0.15, -0.1) is 0 Å². The maximum Gasteiger partial charge on any atom is 0.412 e. The van der Waals surface area contributed by atoms with Crippen molar-refractivity contribution in [2.75, 3.05) is 42.4 Å². The van der Waals surface area contributed by atoms with Crippen LogP contribution >= 0.6 is 23.8 Å². The van der Waals surface area contributed by atoms with Crippen LogP contribution in [0.2, 0.25) is 5.02 Å². The van der Waals surface area contributed by atoms with E-state index in [1.165, 1.54) is 11.1 Å². The quantitative estimate of drug-likeness (QED) is 0.481. The first kappa shape index (κ1) is 24.4. The van der Waals surface area contributed by atoms with E-state index in [-0.39, 0.29) is 22.6 Å². The maximum absolute atomic E-state index is 13.2. The number of pyridine rings is 1. The highest BCUT2D eigenvalue weighted by Gasteiger charge is 2.50. The van der Waals surface area contributed by atoms with Crippen LogP contribution in [0, 0.1) is 6.57 Å². The number of halogens is 1. The highest BCUT2D eigenvalue weighted by Crippen LogP contribution is 2.38. The molecule has 1 aliphatic rings. The molecule has 1 aliphatic heterocycles. The lowest BCUT2D eigenvalue weighted by Gasteiger charge is -2.29. The molecule has 0 radical (unpaired) electrons.